The van der Waals surface area contributed by atoms with Crippen LogP contribution in [0, 0.1) is 5.41 Å². The third-order valence-electron chi connectivity index (χ3n) is 4.92. The lowest BCUT2D eigenvalue weighted by molar-refractivity contribution is -0.154. The van der Waals surface area contributed by atoms with Gasteiger partial charge in [-0.2, -0.15) is 5.10 Å². The Labute approximate surface area is 151 Å². The zero-order valence-electron chi connectivity index (χ0n) is 14.6. The van der Waals surface area contributed by atoms with Crippen LogP contribution in [-0.2, 0) is 20.9 Å². The second-order valence-corrected chi connectivity index (χ2v) is 6.50. The fraction of sp³-hybridized carbons (Fsp3) is 0.688. The molecule has 2 atom stereocenters. The van der Waals surface area contributed by atoms with Gasteiger partial charge < -0.3 is 20.4 Å². The zero-order valence-corrected chi connectivity index (χ0v) is 14.6. The lowest BCUT2D eigenvalue weighted by atomic mass is 9.71. The van der Waals surface area contributed by atoms with Crippen molar-refractivity contribution in [2.75, 3.05) is 19.6 Å². The van der Waals surface area contributed by atoms with Crippen molar-refractivity contribution in [2.45, 2.75) is 44.8 Å². The van der Waals surface area contributed by atoms with E-state index >= 15 is 0 Å². The highest BCUT2D eigenvalue weighted by molar-refractivity contribution is 5.86. The smallest absolute Gasteiger partial charge is 0.290 e. The van der Waals surface area contributed by atoms with Gasteiger partial charge in [-0.25, -0.2) is 4.98 Å². The normalized spacial score (nSPS) is 25.2. The molecule has 2 amide bonds. The quantitative estimate of drug-likeness (QED) is 0.595. The van der Waals surface area contributed by atoms with E-state index in [9.17, 15) is 14.7 Å². The van der Waals surface area contributed by atoms with E-state index in [1.807, 2.05) is 0 Å². The number of aliphatic hydroxyl groups is 1. The van der Waals surface area contributed by atoms with Crippen LogP contribution in [0.4, 0.5) is 0 Å². The molecule has 3 heterocycles. The number of aromatic nitrogens is 3. The summed E-state index contributed by atoms with van der Waals surface area (Å²) < 4.78 is 1.70. The van der Waals surface area contributed by atoms with Gasteiger partial charge in [-0.3, -0.25) is 19.1 Å². The summed E-state index contributed by atoms with van der Waals surface area (Å²) in [5.74, 6) is -0.0777. The molecule has 2 fully saturated rings. The highest BCUT2D eigenvalue weighted by Crippen LogP contribution is 2.37. The maximum Gasteiger partial charge on any atom is 0.290 e. The van der Waals surface area contributed by atoms with Crippen LogP contribution in [0.1, 0.15) is 32.1 Å². The van der Waals surface area contributed by atoms with Gasteiger partial charge in [-0.15, -0.1) is 0 Å². The van der Waals surface area contributed by atoms with Crippen molar-refractivity contribution in [3.05, 3.63) is 12.7 Å². The number of piperidine rings is 2. The zero-order chi connectivity index (χ0) is 19.0. The molecule has 10 heteroatoms. The first-order valence-corrected chi connectivity index (χ1v) is 8.68. The monoisotopic (exact) mass is 367 g/mol. The standard InChI is InChI=1S/C15H23N5O3.CH2O2/c21-12-4-8-19(9-15(12)5-2-6-17-14(15)23)13(22)3-1-7-20-11-16-10-18-20;2-1-3/h10-12,21H,1-9H2,(H,17,23);1H,(H,2,3)/t12-,15+;/m0./s1. The molecular weight excluding hydrogens is 342 g/mol. The fourth-order valence-electron chi connectivity index (χ4n) is 3.56. The maximum atomic E-state index is 12.4. The van der Waals surface area contributed by atoms with Crippen LogP contribution in [-0.4, -0.2) is 73.9 Å². The average Bonchev–Trinajstić information content (AvgIpc) is 3.14. The number of hydrogen-bond donors (Lipinski definition) is 3. The lowest BCUT2D eigenvalue weighted by Gasteiger charge is -2.46. The molecule has 2 aliphatic rings. The van der Waals surface area contributed by atoms with E-state index in [-0.39, 0.29) is 18.3 Å². The third-order valence-corrected chi connectivity index (χ3v) is 4.92. The first-order valence-electron chi connectivity index (χ1n) is 8.68. The number of rotatable bonds is 4. The number of nitrogens with one attached hydrogen (secondary N) is 1. The lowest BCUT2D eigenvalue weighted by Crippen LogP contribution is -2.62. The van der Waals surface area contributed by atoms with Gasteiger partial charge >= 0.3 is 0 Å². The Morgan fingerprint density at radius 3 is 2.92 bits per heavy atom. The maximum absolute atomic E-state index is 12.4. The Morgan fingerprint density at radius 1 is 1.50 bits per heavy atom. The minimum atomic E-state index is -0.821. The predicted molar refractivity (Wildman–Crippen MR) is 89.8 cm³/mol. The van der Waals surface area contributed by atoms with Crippen LogP contribution in [0.15, 0.2) is 12.7 Å². The molecule has 3 N–H and O–H groups in total. The van der Waals surface area contributed by atoms with Gasteiger partial charge in [0, 0.05) is 32.6 Å². The molecule has 26 heavy (non-hydrogen) atoms. The molecule has 0 radical (unpaired) electrons. The Balaban J connectivity index is 0.000000758. The number of aliphatic hydroxyl groups excluding tert-OH is 1. The van der Waals surface area contributed by atoms with Crippen molar-refractivity contribution in [2.24, 2.45) is 5.41 Å². The van der Waals surface area contributed by atoms with Crippen LogP contribution < -0.4 is 5.32 Å². The van der Waals surface area contributed by atoms with Gasteiger partial charge in [-0.1, -0.05) is 0 Å². The summed E-state index contributed by atoms with van der Waals surface area (Å²) in [5, 5.41) is 24.1. The molecule has 0 aromatic carbocycles. The first kappa shape index (κ1) is 19.8. The predicted octanol–water partition coefficient (Wildman–Crippen LogP) is -0.751. The van der Waals surface area contributed by atoms with Gasteiger partial charge in [0.05, 0.1) is 11.5 Å². The summed E-state index contributed by atoms with van der Waals surface area (Å²) in [6.07, 6.45) is 5.47. The molecule has 1 aromatic rings. The number of likely N-dealkylation sites (tertiary alicyclic amines) is 1. The first-order chi connectivity index (χ1) is 12.5. The molecule has 0 unspecified atom stereocenters. The Kier molecular flexibility index (Phi) is 7.07. The van der Waals surface area contributed by atoms with Gasteiger partial charge in [0.1, 0.15) is 12.7 Å². The van der Waals surface area contributed by atoms with Gasteiger partial charge in [0.25, 0.3) is 6.47 Å². The summed E-state index contributed by atoms with van der Waals surface area (Å²) >= 11 is 0. The van der Waals surface area contributed by atoms with E-state index in [1.165, 1.54) is 6.33 Å². The molecule has 0 saturated carbocycles. The van der Waals surface area contributed by atoms with Gasteiger partial charge in [0.2, 0.25) is 11.8 Å². The number of nitrogens with zero attached hydrogens (tertiary/aromatic N) is 4. The van der Waals surface area contributed by atoms with Crippen molar-refractivity contribution in [1.29, 1.82) is 0 Å². The molecule has 2 aliphatic heterocycles. The van der Waals surface area contributed by atoms with E-state index in [0.717, 1.165) is 6.42 Å². The Hall–Kier alpha value is -2.49. The number of amides is 2. The molecule has 2 saturated heterocycles. The fourth-order valence-corrected chi connectivity index (χ4v) is 3.56. The highest BCUT2D eigenvalue weighted by Gasteiger charge is 2.50. The molecule has 0 aliphatic carbocycles. The minimum Gasteiger partial charge on any atom is -0.483 e. The van der Waals surface area contributed by atoms with E-state index < -0.39 is 11.5 Å². The summed E-state index contributed by atoms with van der Waals surface area (Å²) in [6, 6.07) is 0. The van der Waals surface area contributed by atoms with Crippen molar-refractivity contribution < 1.29 is 24.6 Å². The van der Waals surface area contributed by atoms with Gasteiger partial charge in [0.15, 0.2) is 0 Å². The number of carbonyl (C=O) groups excluding carboxylic acids is 2. The highest BCUT2D eigenvalue weighted by atomic mass is 16.3. The minimum absolute atomic E-state index is 0.0368. The molecule has 144 valence electrons. The van der Waals surface area contributed by atoms with E-state index in [0.29, 0.717) is 51.9 Å². The van der Waals surface area contributed by atoms with Gasteiger partial charge in [-0.05, 0) is 25.7 Å². The van der Waals surface area contributed by atoms with E-state index in [2.05, 4.69) is 15.4 Å². The number of hydrogen-bond acceptors (Lipinski definition) is 6. The van der Waals surface area contributed by atoms with E-state index in [1.54, 1.807) is 15.9 Å². The summed E-state index contributed by atoms with van der Waals surface area (Å²) in [6.45, 7) is 1.88. The molecule has 10 nitrogen and oxygen atoms in total. The molecular formula is C16H25N5O5. The number of carbonyl (C=O) groups is 3. The Morgan fingerprint density at radius 2 is 2.27 bits per heavy atom. The van der Waals surface area contributed by atoms with E-state index in [4.69, 9.17) is 9.90 Å². The van der Waals surface area contributed by atoms with Crippen molar-refractivity contribution in [3.63, 3.8) is 0 Å². The van der Waals surface area contributed by atoms with Crippen molar-refractivity contribution in [3.8, 4) is 0 Å². The second kappa shape index (κ2) is 9.27. The Bertz CT molecular complexity index is 608. The van der Waals surface area contributed by atoms with Crippen LogP contribution >= 0.6 is 0 Å². The molecule has 3 rings (SSSR count). The average molecular weight is 367 g/mol. The third kappa shape index (κ3) is 4.57. The largest absolute Gasteiger partial charge is 0.483 e. The van der Waals surface area contributed by atoms with Crippen LogP contribution in [0.2, 0.25) is 0 Å². The van der Waals surface area contributed by atoms with Crippen molar-refractivity contribution in [1.82, 2.24) is 25.0 Å². The molecule has 0 bridgehead atoms. The molecule has 1 spiro atoms. The SMILES string of the molecule is O=C(CCCn1cncn1)N1CC[C@H](O)[C@@]2(CCCNC2=O)C1.O=CO. The molecule has 1 aromatic heterocycles. The topological polar surface area (TPSA) is 138 Å². The van der Waals surface area contributed by atoms with Crippen LogP contribution in [0.5, 0.6) is 0 Å². The number of aryl methyl sites for hydroxylation is 1. The van der Waals surface area contributed by atoms with Crippen LogP contribution in [0.3, 0.4) is 0 Å². The second-order valence-electron chi connectivity index (χ2n) is 6.50. The summed E-state index contributed by atoms with van der Waals surface area (Å²) in [7, 11) is 0. The summed E-state index contributed by atoms with van der Waals surface area (Å²) in [4.78, 5) is 38.7. The number of carboxylic acid groups (broad SMARTS) is 1. The van der Waals surface area contributed by atoms with Crippen LogP contribution in [0.25, 0.3) is 0 Å². The van der Waals surface area contributed by atoms with Crippen molar-refractivity contribution >= 4 is 18.3 Å². The summed E-state index contributed by atoms with van der Waals surface area (Å²) in [5.41, 5.74) is -0.821.